The number of hydrogen-bond acceptors (Lipinski definition) is 3. The van der Waals surface area contributed by atoms with Gasteiger partial charge in [0.25, 0.3) is 5.91 Å². The van der Waals surface area contributed by atoms with Crippen molar-refractivity contribution >= 4 is 29.5 Å². The van der Waals surface area contributed by atoms with Crippen molar-refractivity contribution in [2.75, 3.05) is 26.2 Å². The van der Waals surface area contributed by atoms with Crippen LogP contribution in [0.4, 0.5) is 0 Å². The van der Waals surface area contributed by atoms with Crippen LogP contribution in [0.5, 0.6) is 0 Å². The molecule has 0 atom stereocenters. The van der Waals surface area contributed by atoms with Crippen molar-refractivity contribution in [2.45, 2.75) is 6.92 Å². The molecule has 0 N–H and O–H groups in total. The molecule has 1 aliphatic heterocycles. The number of hydrogen-bond donors (Lipinski definition) is 0. The Morgan fingerprint density at radius 1 is 1.08 bits per heavy atom. The van der Waals surface area contributed by atoms with E-state index in [0.717, 1.165) is 11.3 Å². The van der Waals surface area contributed by atoms with Crippen LogP contribution in [0.25, 0.3) is 6.08 Å². The van der Waals surface area contributed by atoms with Gasteiger partial charge in [-0.3, -0.25) is 14.3 Å². The number of aromatic nitrogens is 2. The van der Waals surface area contributed by atoms with Gasteiger partial charge in [-0.1, -0.05) is 29.8 Å². The molecule has 26 heavy (non-hydrogen) atoms. The number of piperazine rings is 1. The fraction of sp³-hybridized carbons (Fsp3) is 0.316. The lowest BCUT2D eigenvalue weighted by Crippen LogP contribution is -2.50. The number of rotatable bonds is 3. The second-order valence-corrected chi connectivity index (χ2v) is 6.59. The Bertz CT molecular complexity index is 837. The van der Waals surface area contributed by atoms with Crippen molar-refractivity contribution in [3.63, 3.8) is 0 Å². The van der Waals surface area contributed by atoms with E-state index in [1.54, 1.807) is 27.6 Å². The molecule has 1 fully saturated rings. The molecule has 1 aromatic carbocycles. The van der Waals surface area contributed by atoms with Gasteiger partial charge in [0.1, 0.15) is 5.15 Å². The summed E-state index contributed by atoms with van der Waals surface area (Å²) in [4.78, 5) is 28.4. The maximum absolute atomic E-state index is 12.4. The number of halogens is 1. The highest BCUT2D eigenvalue weighted by Gasteiger charge is 2.23. The summed E-state index contributed by atoms with van der Waals surface area (Å²) < 4.78 is 1.58. The topological polar surface area (TPSA) is 58.4 Å². The number of benzene rings is 1. The Balaban J connectivity index is 1.58. The third kappa shape index (κ3) is 3.80. The molecule has 6 nitrogen and oxygen atoms in total. The molecular formula is C19H21ClN4O2. The van der Waals surface area contributed by atoms with Crippen molar-refractivity contribution in [3.05, 3.63) is 58.4 Å². The van der Waals surface area contributed by atoms with Crippen molar-refractivity contribution in [1.82, 2.24) is 19.6 Å². The maximum atomic E-state index is 12.4. The SMILES string of the molecule is Cc1nn(C)c(Cl)c1/C=C/C(=O)N1CCN(C(=O)c2ccccc2)CC1. The van der Waals surface area contributed by atoms with E-state index in [-0.39, 0.29) is 11.8 Å². The van der Waals surface area contributed by atoms with E-state index in [4.69, 9.17) is 11.6 Å². The molecule has 2 aromatic rings. The van der Waals surface area contributed by atoms with Gasteiger partial charge in [0.2, 0.25) is 5.91 Å². The standard InChI is InChI=1S/C19H21ClN4O2/c1-14-16(18(20)22(2)21-14)8-9-17(25)23-10-12-24(13-11-23)19(26)15-6-4-3-5-7-15/h3-9H,10-13H2,1-2H3/b9-8+. The molecule has 1 aromatic heterocycles. The first kappa shape index (κ1) is 18.2. The largest absolute Gasteiger partial charge is 0.336 e. The van der Waals surface area contributed by atoms with Crippen molar-refractivity contribution in [3.8, 4) is 0 Å². The van der Waals surface area contributed by atoms with Gasteiger partial charge in [-0.2, -0.15) is 5.10 Å². The highest BCUT2D eigenvalue weighted by atomic mass is 35.5. The van der Waals surface area contributed by atoms with Crippen LogP contribution < -0.4 is 0 Å². The molecule has 0 saturated carbocycles. The van der Waals surface area contributed by atoms with E-state index in [9.17, 15) is 9.59 Å². The van der Waals surface area contributed by atoms with Crippen LogP contribution in [0, 0.1) is 6.92 Å². The Kier molecular flexibility index (Phi) is 5.42. The minimum absolute atomic E-state index is 0.00556. The molecule has 2 amide bonds. The van der Waals surface area contributed by atoms with Crippen LogP contribution in [0.2, 0.25) is 5.15 Å². The molecular weight excluding hydrogens is 352 g/mol. The zero-order chi connectivity index (χ0) is 18.7. The van der Waals surface area contributed by atoms with E-state index in [1.807, 2.05) is 37.3 Å². The van der Waals surface area contributed by atoms with E-state index < -0.39 is 0 Å². The van der Waals surface area contributed by atoms with Crippen LogP contribution in [-0.2, 0) is 11.8 Å². The van der Waals surface area contributed by atoms with Gasteiger partial charge in [0, 0.05) is 50.4 Å². The highest BCUT2D eigenvalue weighted by Crippen LogP contribution is 2.20. The van der Waals surface area contributed by atoms with Gasteiger partial charge >= 0.3 is 0 Å². The molecule has 0 spiro atoms. The van der Waals surface area contributed by atoms with Crippen LogP contribution in [0.1, 0.15) is 21.6 Å². The van der Waals surface area contributed by atoms with Crippen LogP contribution in [0.15, 0.2) is 36.4 Å². The van der Waals surface area contributed by atoms with Crippen molar-refractivity contribution < 1.29 is 9.59 Å². The zero-order valence-corrected chi connectivity index (χ0v) is 15.6. The lowest BCUT2D eigenvalue weighted by atomic mass is 10.2. The van der Waals surface area contributed by atoms with Gasteiger partial charge in [-0.25, -0.2) is 0 Å². The van der Waals surface area contributed by atoms with E-state index in [1.165, 1.54) is 6.08 Å². The highest BCUT2D eigenvalue weighted by molar-refractivity contribution is 6.31. The Labute approximate surface area is 157 Å². The summed E-state index contributed by atoms with van der Waals surface area (Å²) in [5.41, 5.74) is 2.20. The van der Waals surface area contributed by atoms with Gasteiger partial charge in [0.05, 0.1) is 5.69 Å². The minimum Gasteiger partial charge on any atom is -0.336 e. The van der Waals surface area contributed by atoms with E-state index in [0.29, 0.717) is 36.9 Å². The van der Waals surface area contributed by atoms with Crippen molar-refractivity contribution in [1.29, 1.82) is 0 Å². The van der Waals surface area contributed by atoms with Crippen LogP contribution in [0.3, 0.4) is 0 Å². The fourth-order valence-corrected chi connectivity index (χ4v) is 3.23. The predicted octanol–water partition coefficient (Wildman–Crippen LogP) is 2.38. The molecule has 136 valence electrons. The summed E-state index contributed by atoms with van der Waals surface area (Å²) in [7, 11) is 1.76. The first-order valence-corrected chi connectivity index (χ1v) is 8.85. The van der Waals surface area contributed by atoms with Crippen molar-refractivity contribution in [2.24, 2.45) is 7.05 Å². The number of nitrogens with zero attached hydrogens (tertiary/aromatic N) is 4. The third-order valence-electron chi connectivity index (χ3n) is 4.49. The number of carbonyl (C=O) groups excluding carboxylic acids is 2. The second-order valence-electron chi connectivity index (χ2n) is 6.23. The Hall–Kier alpha value is -2.60. The normalized spacial score (nSPS) is 14.9. The third-order valence-corrected chi connectivity index (χ3v) is 4.94. The van der Waals surface area contributed by atoms with E-state index >= 15 is 0 Å². The monoisotopic (exact) mass is 372 g/mol. The summed E-state index contributed by atoms with van der Waals surface area (Å²) in [5.74, 6) is -0.0814. The number of amides is 2. The fourth-order valence-electron chi connectivity index (χ4n) is 2.99. The smallest absolute Gasteiger partial charge is 0.253 e. The lowest BCUT2D eigenvalue weighted by Gasteiger charge is -2.34. The molecule has 1 saturated heterocycles. The van der Waals surface area contributed by atoms with Gasteiger partial charge < -0.3 is 9.80 Å². The Morgan fingerprint density at radius 2 is 1.69 bits per heavy atom. The average Bonchev–Trinajstić information content (AvgIpc) is 2.91. The molecule has 0 radical (unpaired) electrons. The molecule has 0 aliphatic carbocycles. The summed E-state index contributed by atoms with van der Waals surface area (Å²) in [6.07, 6.45) is 3.22. The molecule has 0 unspecified atom stereocenters. The van der Waals surface area contributed by atoms with Crippen LogP contribution >= 0.6 is 11.6 Å². The molecule has 7 heteroatoms. The number of aryl methyl sites for hydroxylation is 2. The van der Waals surface area contributed by atoms with Crippen LogP contribution in [-0.4, -0.2) is 57.6 Å². The summed E-state index contributed by atoms with van der Waals surface area (Å²) in [5, 5.41) is 4.73. The zero-order valence-electron chi connectivity index (χ0n) is 14.9. The second kappa shape index (κ2) is 7.74. The van der Waals surface area contributed by atoms with Gasteiger partial charge in [-0.05, 0) is 25.1 Å². The first-order chi connectivity index (χ1) is 12.5. The summed E-state index contributed by atoms with van der Waals surface area (Å²) >= 11 is 6.18. The summed E-state index contributed by atoms with van der Waals surface area (Å²) in [6, 6.07) is 9.20. The molecule has 0 bridgehead atoms. The first-order valence-electron chi connectivity index (χ1n) is 8.48. The predicted molar refractivity (Wildman–Crippen MR) is 101 cm³/mol. The molecule has 2 heterocycles. The van der Waals surface area contributed by atoms with E-state index in [2.05, 4.69) is 5.10 Å². The van der Waals surface area contributed by atoms with Gasteiger partial charge in [-0.15, -0.1) is 0 Å². The van der Waals surface area contributed by atoms with Gasteiger partial charge in [0.15, 0.2) is 0 Å². The molecule has 3 rings (SSSR count). The minimum atomic E-state index is -0.0869. The lowest BCUT2D eigenvalue weighted by molar-refractivity contribution is -0.127. The Morgan fingerprint density at radius 3 is 2.27 bits per heavy atom. The quantitative estimate of drug-likeness (QED) is 0.777. The number of carbonyl (C=O) groups is 2. The average molecular weight is 373 g/mol. The maximum Gasteiger partial charge on any atom is 0.253 e. The summed E-state index contributed by atoms with van der Waals surface area (Å²) in [6.45, 7) is 3.94. The molecule has 1 aliphatic rings.